The molecule has 0 unspecified atom stereocenters. The van der Waals surface area contributed by atoms with Gasteiger partial charge in [0.05, 0.1) is 0 Å². The zero-order chi connectivity index (χ0) is 26.5. The molecule has 3 heteroatoms. The number of carbonyl (C=O) groups excluding carboxylic acids is 2. The lowest BCUT2D eigenvalue weighted by molar-refractivity contribution is -0.128. The lowest BCUT2D eigenvalue weighted by Gasteiger charge is -2.05. The number of hydrogen-bond acceptors (Lipinski definition) is 2. The van der Waals surface area contributed by atoms with Crippen LogP contribution in [0.4, 0.5) is 0 Å². The van der Waals surface area contributed by atoms with Gasteiger partial charge >= 0.3 is 0 Å². The highest BCUT2D eigenvalue weighted by atomic mass is 16.2. The molecule has 0 saturated carbocycles. The summed E-state index contributed by atoms with van der Waals surface area (Å²) in [5.41, 5.74) is 0.383. The number of carbonyl (C=O) groups is 2. The predicted octanol–water partition coefficient (Wildman–Crippen LogP) is 10.8. The normalized spacial score (nSPS) is 11.1. The van der Waals surface area contributed by atoms with E-state index in [1.165, 1.54) is 154 Å². The fraction of sp³-hybridized carbons (Fsp3) is 0.879. The Morgan fingerprint density at radius 1 is 0.472 bits per heavy atom. The third-order valence-electron chi connectivity index (χ3n) is 7.40. The molecular weight excluding hydrogens is 442 g/mol. The van der Waals surface area contributed by atoms with Gasteiger partial charge in [-0.15, -0.1) is 0 Å². The van der Waals surface area contributed by atoms with Crippen LogP contribution < -0.4 is 5.32 Å². The first-order chi connectivity index (χ1) is 17.6. The molecule has 3 nitrogen and oxygen atoms in total. The molecule has 0 aromatic heterocycles. The van der Waals surface area contributed by atoms with Crippen LogP contribution in [0.1, 0.15) is 187 Å². The standard InChI is InChI=1S/C33H63NO2/c1-4-5-6-7-8-9-10-11-12-13-14-15-16-17-18-19-20-21-22-23-24-25-26-27-28-29-30-32(35)34-33(36)31(2)3/h2,4-30H2,1,3H3,(H,34,35,36). The highest BCUT2D eigenvalue weighted by molar-refractivity contribution is 6.03. The summed E-state index contributed by atoms with van der Waals surface area (Å²) in [4.78, 5) is 23.0. The Morgan fingerprint density at radius 2 is 0.722 bits per heavy atom. The summed E-state index contributed by atoms with van der Waals surface area (Å²) in [5, 5.41) is 2.37. The van der Waals surface area contributed by atoms with Gasteiger partial charge in [0, 0.05) is 12.0 Å². The molecule has 2 amide bonds. The first-order valence-electron chi connectivity index (χ1n) is 16.1. The van der Waals surface area contributed by atoms with Crippen molar-refractivity contribution in [1.29, 1.82) is 0 Å². The van der Waals surface area contributed by atoms with E-state index in [1.807, 2.05) is 0 Å². The summed E-state index contributed by atoms with van der Waals surface area (Å²) < 4.78 is 0. The average Bonchev–Trinajstić information content (AvgIpc) is 2.86. The molecule has 0 fully saturated rings. The number of rotatable bonds is 28. The van der Waals surface area contributed by atoms with Crippen molar-refractivity contribution in [3.63, 3.8) is 0 Å². The summed E-state index contributed by atoms with van der Waals surface area (Å²) in [6.07, 6.45) is 36.3. The molecule has 0 aliphatic rings. The minimum atomic E-state index is -0.352. The fourth-order valence-electron chi connectivity index (χ4n) is 4.90. The van der Waals surface area contributed by atoms with Crippen LogP contribution in [0.3, 0.4) is 0 Å². The average molecular weight is 506 g/mol. The van der Waals surface area contributed by atoms with Crippen LogP contribution in [0.5, 0.6) is 0 Å². The third kappa shape index (κ3) is 27.5. The Hall–Kier alpha value is -1.12. The van der Waals surface area contributed by atoms with Crippen molar-refractivity contribution in [2.45, 2.75) is 187 Å². The van der Waals surface area contributed by atoms with E-state index >= 15 is 0 Å². The van der Waals surface area contributed by atoms with Gasteiger partial charge in [-0.2, -0.15) is 0 Å². The molecule has 0 aliphatic carbocycles. The zero-order valence-corrected chi connectivity index (χ0v) is 24.6. The lowest BCUT2D eigenvalue weighted by atomic mass is 10.0. The molecule has 0 aliphatic heterocycles. The lowest BCUT2D eigenvalue weighted by Crippen LogP contribution is -2.30. The van der Waals surface area contributed by atoms with E-state index in [9.17, 15) is 9.59 Å². The summed E-state index contributed by atoms with van der Waals surface area (Å²) in [5.74, 6) is -0.526. The van der Waals surface area contributed by atoms with E-state index < -0.39 is 0 Å². The molecule has 0 aromatic rings. The van der Waals surface area contributed by atoms with Gasteiger partial charge in [0.15, 0.2) is 0 Å². The first kappa shape index (κ1) is 34.9. The molecule has 0 atom stereocenters. The SMILES string of the molecule is C=C(C)C(=O)NC(=O)CCCCCCCCCCCCCCCCCCCCCCCCCCCC. The largest absolute Gasteiger partial charge is 0.293 e. The van der Waals surface area contributed by atoms with Crippen LogP contribution in [-0.4, -0.2) is 11.8 Å². The summed E-state index contributed by atoms with van der Waals surface area (Å²) in [6.45, 7) is 7.45. The Kier molecular flexibility index (Phi) is 27.6. The third-order valence-corrected chi connectivity index (χ3v) is 7.40. The van der Waals surface area contributed by atoms with E-state index in [0.29, 0.717) is 12.0 Å². The van der Waals surface area contributed by atoms with Gasteiger partial charge in [-0.05, 0) is 13.3 Å². The molecule has 0 radical (unpaired) electrons. The van der Waals surface area contributed by atoms with E-state index in [0.717, 1.165) is 12.8 Å². The maximum atomic E-state index is 11.6. The first-order valence-corrected chi connectivity index (χ1v) is 16.1. The highest BCUT2D eigenvalue weighted by Crippen LogP contribution is 2.16. The van der Waals surface area contributed by atoms with Gasteiger partial charge in [0.1, 0.15) is 0 Å². The smallest absolute Gasteiger partial charge is 0.252 e. The molecule has 36 heavy (non-hydrogen) atoms. The molecule has 0 saturated heterocycles. The molecule has 0 bridgehead atoms. The topological polar surface area (TPSA) is 46.2 Å². The number of hydrogen-bond donors (Lipinski definition) is 1. The van der Waals surface area contributed by atoms with E-state index in [-0.39, 0.29) is 11.8 Å². The quantitative estimate of drug-likeness (QED) is 0.0848. The molecular formula is C33H63NO2. The van der Waals surface area contributed by atoms with Gasteiger partial charge in [-0.3, -0.25) is 14.9 Å². The second-order valence-corrected chi connectivity index (χ2v) is 11.2. The Morgan fingerprint density at radius 3 is 0.972 bits per heavy atom. The minimum Gasteiger partial charge on any atom is -0.293 e. The number of unbranched alkanes of at least 4 members (excludes halogenated alkanes) is 25. The Bertz CT molecular complexity index is 514. The van der Waals surface area contributed by atoms with Crippen LogP contribution in [-0.2, 0) is 9.59 Å². The molecule has 0 spiro atoms. The summed E-state index contributed by atoms with van der Waals surface area (Å²) in [7, 11) is 0. The Labute approximate surface area is 226 Å². The second-order valence-electron chi connectivity index (χ2n) is 11.2. The van der Waals surface area contributed by atoms with Crippen molar-refractivity contribution in [2.75, 3.05) is 0 Å². The summed E-state index contributed by atoms with van der Waals surface area (Å²) >= 11 is 0. The monoisotopic (exact) mass is 505 g/mol. The molecule has 0 aromatic carbocycles. The summed E-state index contributed by atoms with van der Waals surface area (Å²) in [6, 6.07) is 0. The highest BCUT2D eigenvalue weighted by Gasteiger charge is 2.07. The van der Waals surface area contributed by atoms with Gasteiger partial charge < -0.3 is 0 Å². The maximum Gasteiger partial charge on any atom is 0.252 e. The van der Waals surface area contributed by atoms with E-state index in [2.05, 4.69) is 18.8 Å². The van der Waals surface area contributed by atoms with Crippen molar-refractivity contribution in [2.24, 2.45) is 0 Å². The molecule has 212 valence electrons. The molecule has 1 N–H and O–H groups in total. The fourth-order valence-corrected chi connectivity index (χ4v) is 4.90. The van der Waals surface area contributed by atoms with Gasteiger partial charge in [0.2, 0.25) is 5.91 Å². The minimum absolute atomic E-state index is 0.174. The maximum absolute atomic E-state index is 11.6. The molecule has 0 heterocycles. The van der Waals surface area contributed by atoms with Crippen molar-refractivity contribution in [1.82, 2.24) is 5.32 Å². The van der Waals surface area contributed by atoms with Crippen molar-refractivity contribution >= 4 is 11.8 Å². The van der Waals surface area contributed by atoms with Crippen LogP contribution in [0.2, 0.25) is 0 Å². The Balaban J connectivity index is 3.13. The predicted molar refractivity (Wildman–Crippen MR) is 158 cm³/mol. The number of imide groups is 1. The van der Waals surface area contributed by atoms with Crippen molar-refractivity contribution in [3.05, 3.63) is 12.2 Å². The van der Waals surface area contributed by atoms with Crippen LogP contribution >= 0.6 is 0 Å². The number of amides is 2. The van der Waals surface area contributed by atoms with Crippen molar-refractivity contribution in [3.8, 4) is 0 Å². The molecule has 0 rings (SSSR count). The zero-order valence-electron chi connectivity index (χ0n) is 24.6. The second kappa shape index (κ2) is 28.5. The van der Waals surface area contributed by atoms with Gasteiger partial charge in [0.25, 0.3) is 5.91 Å². The van der Waals surface area contributed by atoms with Gasteiger partial charge in [-0.1, -0.05) is 174 Å². The van der Waals surface area contributed by atoms with Crippen LogP contribution in [0.15, 0.2) is 12.2 Å². The van der Waals surface area contributed by atoms with E-state index in [1.54, 1.807) is 6.92 Å². The number of nitrogens with one attached hydrogen (secondary N) is 1. The van der Waals surface area contributed by atoms with E-state index in [4.69, 9.17) is 0 Å². The van der Waals surface area contributed by atoms with Gasteiger partial charge in [-0.25, -0.2) is 0 Å². The van der Waals surface area contributed by atoms with Crippen LogP contribution in [0.25, 0.3) is 0 Å². The van der Waals surface area contributed by atoms with Crippen molar-refractivity contribution < 1.29 is 9.59 Å². The van der Waals surface area contributed by atoms with Crippen LogP contribution in [0, 0.1) is 0 Å².